The lowest BCUT2D eigenvalue weighted by Gasteiger charge is -2.39. The summed E-state index contributed by atoms with van der Waals surface area (Å²) in [5.74, 6) is 0.977. The molecule has 0 bridgehead atoms. The molecule has 1 saturated carbocycles. The highest BCUT2D eigenvalue weighted by atomic mass is 16.5. The van der Waals surface area contributed by atoms with E-state index in [9.17, 15) is 0 Å². The fraction of sp³-hybridized carbons (Fsp3) is 0.647. The summed E-state index contributed by atoms with van der Waals surface area (Å²) in [6, 6.07) is 8.89. The summed E-state index contributed by atoms with van der Waals surface area (Å²) < 4.78 is 5.78. The van der Waals surface area contributed by atoms with Gasteiger partial charge in [-0.05, 0) is 42.9 Å². The average Bonchev–Trinajstić information content (AvgIpc) is 2.36. The minimum atomic E-state index is 0.432. The topological polar surface area (TPSA) is 21.3 Å². The van der Waals surface area contributed by atoms with Gasteiger partial charge in [-0.1, -0.05) is 38.8 Å². The van der Waals surface area contributed by atoms with E-state index in [0.29, 0.717) is 11.5 Å². The molecule has 106 valence electrons. The Balaban J connectivity index is 1.72. The number of ether oxygens (including phenoxy) is 1. The Morgan fingerprint density at radius 2 is 2.16 bits per heavy atom. The maximum absolute atomic E-state index is 5.78. The van der Waals surface area contributed by atoms with Crippen LogP contribution in [0.25, 0.3) is 0 Å². The van der Waals surface area contributed by atoms with Crippen molar-refractivity contribution in [2.75, 3.05) is 13.2 Å². The van der Waals surface area contributed by atoms with Crippen molar-refractivity contribution in [3.8, 4) is 5.75 Å². The van der Waals surface area contributed by atoms with Crippen molar-refractivity contribution in [2.24, 2.45) is 5.41 Å². The van der Waals surface area contributed by atoms with Crippen molar-refractivity contribution in [2.45, 2.75) is 52.5 Å². The quantitative estimate of drug-likeness (QED) is 0.811. The third-order valence-corrected chi connectivity index (χ3v) is 4.26. The Morgan fingerprint density at radius 3 is 2.89 bits per heavy atom. The van der Waals surface area contributed by atoms with E-state index in [4.69, 9.17) is 4.74 Å². The second-order valence-electron chi connectivity index (χ2n) is 6.41. The van der Waals surface area contributed by atoms with Crippen molar-refractivity contribution < 1.29 is 4.74 Å². The first kappa shape index (κ1) is 14.4. The van der Waals surface area contributed by atoms with Gasteiger partial charge in [-0.2, -0.15) is 0 Å². The van der Waals surface area contributed by atoms with Gasteiger partial charge in [0, 0.05) is 12.6 Å². The van der Waals surface area contributed by atoms with Crippen LogP contribution in [0, 0.1) is 12.3 Å². The van der Waals surface area contributed by atoms with Crippen LogP contribution in [0.3, 0.4) is 0 Å². The molecule has 0 radical (unpaired) electrons. The summed E-state index contributed by atoms with van der Waals surface area (Å²) in [7, 11) is 0. The summed E-state index contributed by atoms with van der Waals surface area (Å²) >= 11 is 0. The van der Waals surface area contributed by atoms with E-state index in [1.165, 1.54) is 31.2 Å². The molecule has 2 heteroatoms. The van der Waals surface area contributed by atoms with Crippen LogP contribution in [-0.2, 0) is 0 Å². The number of rotatable bonds is 5. The van der Waals surface area contributed by atoms with E-state index < -0.39 is 0 Å². The molecule has 2 rings (SSSR count). The molecule has 2 nitrogen and oxygen atoms in total. The number of hydrogen-bond donors (Lipinski definition) is 1. The standard InChI is InChI=1S/C17H27NO/c1-14-7-6-8-15(13-14)19-12-11-18-16-9-4-5-10-17(16,2)3/h6-8,13,16,18H,4-5,9-12H2,1-3H3. The van der Waals surface area contributed by atoms with Gasteiger partial charge in [0.05, 0.1) is 0 Å². The normalized spacial score (nSPS) is 22.2. The highest BCUT2D eigenvalue weighted by Gasteiger charge is 2.31. The molecule has 1 N–H and O–H groups in total. The van der Waals surface area contributed by atoms with E-state index in [-0.39, 0.29) is 0 Å². The molecule has 0 aromatic heterocycles. The molecule has 1 aliphatic carbocycles. The van der Waals surface area contributed by atoms with Crippen LogP contribution < -0.4 is 10.1 Å². The molecule has 1 atom stereocenters. The van der Waals surface area contributed by atoms with Gasteiger partial charge >= 0.3 is 0 Å². The van der Waals surface area contributed by atoms with Gasteiger partial charge in [0.15, 0.2) is 0 Å². The van der Waals surface area contributed by atoms with Gasteiger partial charge in [0.25, 0.3) is 0 Å². The predicted octanol–water partition coefficient (Wildman–Crippen LogP) is 3.93. The second-order valence-corrected chi connectivity index (χ2v) is 6.41. The molecule has 1 aromatic carbocycles. The molecular formula is C17H27NO. The van der Waals surface area contributed by atoms with Crippen LogP contribution in [0.4, 0.5) is 0 Å². The molecule has 1 aromatic rings. The lowest BCUT2D eigenvalue weighted by molar-refractivity contribution is 0.161. The largest absolute Gasteiger partial charge is 0.492 e. The summed E-state index contributed by atoms with van der Waals surface area (Å²) in [5.41, 5.74) is 1.68. The zero-order valence-corrected chi connectivity index (χ0v) is 12.5. The average molecular weight is 261 g/mol. The zero-order valence-electron chi connectivity index (χ0n) is 12.5. The third-order valence-electron chi connectivity index (χ3n) is 4.26. The molecule has 0 saturated heterocycles. The first-order chi connectivity index (χ1) is 9.08. The summed E-state index contributed by atoms with van der Waals surface area (Å²) in [4.78, 5) is 0. The van der Waals surface area contributed by atoms with E-state index in [1.54, 1.807) is 0 Å². The maximum atomic E-state index is 5.78. The van der Waals surface area contributed by atoms with Crippen molar-refractivity contribution in [3.05, 3.63) is 29.8 Å². The smallest absolute Gasteiger partial charge is 0.119 e. The Labute approximate surface area is 117 Å². The van der Waals surface area contributed by atoms with Crippen LogP contribution in [0.5, 0.6) is 5.75 Å². The summed E-state index contributed by atoms with van der Waals surface area (Å²) in [6.07, 6.45) is 5.38. The second kappa shape index (κ2) is 6.42. The Hall–Kier alpha value is -1.02. The van der Waals surface area contributed by atoms with Gasteiger partial charge in [-0.15, -0.1) is 0 Å². The van der Waals surface area contributed by atoms with Crippen LogP contribution in [0.2, 0.25) is 0 Å². The maximum Gasteiger partial charge on any atom is 0.119 e. The van der Waals surface area contributed by atoms with Crippen LogP contribution in [0.15, 0.2) is 24.3 Å². The van der Waals surface area contributed by atoms with E-state index in [2.05, 4.69) is 38.2 Å². The van der Waals surface area contributed by atoms with Crippen LogP contribution >= 0.6 is 0 Å². The molecule has 1 fully saturated rings. The summed E-state index contributed by atoms with van der Waals surface area (Å²) in [5, 5.41) is 3.67. The fourth-order valence-electron chi connectivity index (χ4n) is 2.98. The minimum absolute atomic E-state index is 0.432. The predicted molar refractivity (Wildman–Crippen MR) is 80.7 cm³/mol. The van der Waals surface area contributed by atoms with Crippen molar-refractivity contribution in [3.63, 3.8) is 0 Å². The number of nitrogens with one attached hydrogen (secondary N) is 1. The van der Waals surface area contributed by atoms with E-state index in [1.807, 2.05) is 12.1 Å². The van der Waals surface area contributed by atoms with Gasteiger partial charge in [-0.25, -0.2) is 0 Å². The third kappa shape index (κ3) is 4.24. The number of aryl methyl sites for hydroxylation is 1. The molecule has 19 heavy (non-hydrogen) atoms. The Bertz CT molecular complexity index is 400. The molecule has 0 heterocycles. The molecule has 0 spiro atoms. The zero-order chi connectivity index (χ0) is 13.7. The first-order valence-electron chi connectivity index (χ1n) is 7.51. The molecule has 1 unspecified atom stereocenters. The number of hydrogen-bond acceptors (Lipinski definition) is 2. The van der Waals surface area contributed by atoms with Crippen molar-refractivity contribution >= 4 is 0 Å². The molecular weight excluding hydrogens is 234 g/mol. The first-order valence-corrected chi connectivity index (χ1v) is 7.51. The monoisotopic (exact) mass is 261 g/mol. The minimum Gasteiger partial charge on any atom is -0.492 e. The SMILES string of the molecule is Cc1cccc(OCCNC2CCCCC2(C)C)c1. The van der Waals surface area contributed by atoms with E-state index >= 15 is 0 Å². The summed E-state index contributed by atoms with van der Waals surface area (Å²) in [6.45, 7) is 8.53. The highest BCUT2D eigenvalue weighted by Crippen LogP contribution is 2.35. The van der Waals surface area contributed by atoms with Crippen molar-refractivity contribution in [1.82, 2.24) is 5.32 Å². The van der Waals surface area contributed by atoms with Crippen LogP contribution in [-0.4, -0.2) is 19.2 Å². The highest BCUT2D eigenvalue weighted by molar-refractivity contribution is 5.27. The van der Waals surface area contributed by atoms with Gasteiger partial charge in [-0.3, -0.25) is 0 Å². The fourth-order valence-corrected chi connectivity index (χ4v) is 2.98. The Kier molecular flexibility index (Phi) is 4.87. The van der Waals surface area contributed by atoms with Crippen molar-refractivity contribution in [1.29, 1.82) is 0 Å². The molecule has 1 aliphatic rings. The van der Waals surface area contributed by atoms with Crippen LogP contribution in [0.1, 0.15) is 45.1 Å². The van der Waals surface area contributed by atoms with Gasteiger partial charge in [0.1, 0.15) is 12.4 Å². The van der Waals surface area contributed by atoms with Gasteiger partial charge in [0.2, 0.25) is 0 Å². The van der Waals surface area contributed by atoms with E-state index in [0.717, 1.165) is 18.9 Å². The lowest BCUT2D eigenvalue weighted by Crippen LogP contribution is -2.45. The molecule has 0 amide bonds. The molecule has 0 aliphatic heterocycles. The number of benzene rings is 1. The van der Waals surface area contributed by atoms with Gasteiger partial charge < -0.3 is 10.1 Å². The Morgan fingerprint density at radius 1 is 1.32 bits per heavy atom. The lowest BCUT2D eigenvalue weighted by atomic mass is 9.73.